The van der Waals surface area contributed by atoms with Crippen LogP contribution in [0.25, 0.3) is 11.3 Å². The molecule has 19 heavy (non-hydrogen) atoms. The molecule has 0 aliphatic heterocycles. The molecule has 1 aromatic carbocycles. The number of aromatic nitrogens is 2. The van der Waals surface area contributed by atoms with Gasteiger partial charge in [0.05, 0.1) is 12.3 Å². The maximum absolute atomic E-state index is 11.7. The first-order valence-electron chi connectivity index (χ1n) is 6.02. The van der Waals surface area contributed by atoms with Crippen LogP contribution in [0.1, 0.15) is 5.56 Å². The van der Waals surface area contributed by atoms with Gasteiger partial charge in [-0.3, -0.25) is 9.78 Å². The molecule has 0 aliphatic carbocycles. The summed E-state index contributed by atoms with van der Waals surface area (Å²) in [7, 11) is 1.64. The lowest BCUT2D eigenvalue weighted by Gasteiger charge is -2.14. The average molecular weight is 276 g/mol. The van der Waals surface area contributed by atoms with Gasteiger partial charge in [0.25, 0.3) is 5.56 Å². The first-order valence-corrected chi connectivity index (χ1v) is 6.43. The van der Waals surface area contributed by atoms with Crippen LogP contribution < -0.4 is 5.56 Å². The second-order valence-corrected chi connectivity index (χ2v) is 4.67. The SMILES string of the molecule is COCCn1c(-c2ccccc2C)cc(=O)[nH]c1=S. The summed E-state index contributed by atoms with van der Waals surface area (Å²) in [6, 6.07) is 9.50. The van der Waals surface area contributed by atoms with Crippen molar-refractivity contribution < 1.29 is 4.74 Å². The summed E-state index contributed by atoms with van der Waals surface area (Å²) in [5.74, 6) is 0. The normalized spacial score (nSPS) is 10.6. The maximum atomic E-state index is 11.7. The van der Waals surface area contributed by atoms with Gasteiger partial charge in [0.15, 0.2) is 4.77 Å². The first kappa shape index (κ1) is 13.7. The van der Waals surface area contributed by atoms with Crippen LogP contribution >= 0.6 is 12.2 Å². The molecule has 5 heteroatoms. The topological polar surface area (TPSA) is 47.0 Å². The molecule has 0 amide bonds. The number of aryl methyl sites for hydroxylation is 1. The molecule has 0 saturated carbocycles. The lowest BCUT2D eigenvalue weighted by molar-refractivity contribution is 0.186. The van der Waals surface area contributed by atoms with E-state index in [-0.39, 0.29) is 5.56 Å². The second kappa shape index (κ2) is 5.95. The maximum Gasteiger partial charge on any atom is 0.252 e. The molecule has 1 heterocycles. The van der Waals surface area contributed by atoms with Crippen LogP contribution in [0.5, 0.6) is 0 Å². The minimum Gasteiger partial charge on any atom is -0.383 e. The molecule has 0 unspecified atom stereocenters. The summed E-state index contributed by atoms with van der Waals surface area (Å²) in [5.41, 5.74) is 2.75. The molecule has 0 fully saturated rings. The highest BCUT2D eigenvalue weighted by Gasteiger charge is 2.08. The Labute approximate surface area is 116 Å². The highest BCUT2D eigenvalue weighted by atomic mass is 32.1. The Morgan fingerprint density at radius 2 is 2.11 bits per heavy atom. The molecule has 0 spiro atoms. The minimum atomic E-state index is -0.183. The summed E-state index contributed by atoms with van der Waals surface area (Å²) in [6.07, 6.45) is 0. The van der Waals surface area contributed by atoms with Crippen molar-refractivity contribution in [2.75, 3.05) is 13.7 Å². The summed E-state index contributed by atoms with van der Waals surface area (Å²) >= 11 is 5.24. The number of hydrogen-bond acceptors (Lipinski definition) is 3. The summed E-state index contributed by atoms with van der Waals surface area (Å²) in [6.45, 7) is 3.16. The number of aromatic amines is 1. The van der Waals surface area contributed by atoms with Crippen molar-refractivity contribution in [3.8, 4) is 11.3 Å². The quantitative estimate of drug-likeness (QED) is 0.873. The highest BCUT2D eigenvalue weighted by Crippen LogP contribution is 2.21. The van der Waals surface area contributed by atoms with Crippen molar-refractivity contribution in [2.45, 2.75) is 13.5 Å². The van der Waals surface area contributed by atoms with E-state index in [9.17, 15) is 4.79 Å². The van der Waals surface area contributed by atoms with Gasteiger partial charge in [-0.15, -0.1) is 0 Å². The van der Waals surface area contributed by atoms with Crippen LogP contribution in [-0.4, -0.2) is 23.3 Å². The van der Waals surface area contributed by atoms with Crippen molar-refractivity contribution in [3.63, 3.8) is 0 Å². The number of ether oxygens (including phenoxy) is 1. The number of nitrogens with one attached hydrogen (secondary N) is 1. The van der Waals surface area contributed by atoms with Gasteiger partial charge in [-0.05, 0) is 24.7 Å². The Kier molecular flexibility index (Phi) is 4.29. The van der Waals surface area contributed by atoms with Gasteiger partial charge in [-0.2, -0.15) is 0 Å². The van der Waals surface area contributed by atoms with Crippen molar-refractivity contribution in [1.82, 2.24) is 9.55 Å². The fourth-order valence-corrected chi connectivity index (χ4v) is 2.30. The third-order valence-corrected chi connectivity index (χ3v) is 3.30. The zero-order valence-corrected chi connectivity index (χ0v) is 11.8. The van der Waals surface area contributed by atoms with Crippen LogP contribution in [0.3, 0.4) is 0 Å². The number of hydrogen-bond donors (Lipinski definition) is 1. The molecular weight excluding hydrogens is 260 g/mol. The molecule has 2 rings (SSSR count). The van der Waals surface area contributed by atoms with E-state index in [1.54, 1.807) is 13.2 Å². The van der Waals surface area contributed by atoms with Crippen molar-refractivity contribution >= 4 is 12.2 Å². The number of rotatable bonds is 4. The Bertz CT molecular complexity index is 688. The third-order valence-electron chi connectivity index (χ3n) is 2.97. The van der Waals surface area contributed by atoms with E-state index in [0.29, 0.717) is 17.9 Å². The van der Waals surface area contributed by atoms with Gasteiger partial charge >= 0.3 is 0 Å². The third kappa shape index (κ3) is 3.00. The Morgan fingerprint density at radius 3 is 2.79 bits per heavy atom. The molecule has 1 aromatic heterocycles. The lowest BCUT2D eigenvalue weighted by atomic mass is 10.1. The van der Waals surface area contributed by atoms with E-state index in [0.717, 1.165) is 16.8 Å². The highest BCUT2D eigenvalue weighted by molar-refractivity contribution is 7.71. The Morgan fingerprint density at radius 1 is 1.37 bits per heavy atom. The standard InChI is InChI=1S/C14H16N2O2S/c1-10-5-3-4-6-11(10)12-9-13(17)15-14(19)16(12)7-8-18-2/h3-6,9H,7-8H2,1-2H3,(H,15,17,19). The predicted octanol–water partition coefficient (Wildman–Crippen LogP) is 2.53. The molecule has 0 radical (unpaired) electrons. The van der Waals surface area contributed by atoms with E-state index in [1.807, 2.05) is 35.8 Å². The minimum absolute atomic E-state index is 0.183. The molecule has 100 valence electrons. The van der Waals surface area contributed by atoms with E-state index in [1.165, 1.54) is 0 Å². The molecule has 0 aliphatic rings. The van der Waals surface area contributed by atoms with Crippen LogP contribution in [-0.2, 0) is 11.3 Å². The number of benzene rings is 1. The molecule has 1 N–H and O–H groups in total. The molecule has 4 nitrogen and oxygen atoms in total. The predicted molar refractivity (Wildman–Crippen MR) is 77.9 cm³/mol. The smallest absolute Gasteiger partial charge is 0.252 e. The van der Waals surface area contributed by atoms with Gasteiger partial charge in [0, 0.05) is 25.3 Å². The van der Waals surface area contributed by atoms with Gasteiger partial charge in [0.2, 0.25) is 0 Å². The molecule has 2 aromatic rings. The van der Waals surface area contributed by atoms with Gasteiger partial charge in [-0.25, -0.2) is 0 Å². The molecular formula is C14H16N2O2S. The van der Waals surface area contributed by atoms with E-state index < -0.39 is 0 Å². The molecule has 0 saturated heterocycles. The van der Waals surface area contributed by atoms with Crippen LogP contribution in [0, 0.1) is 11.7 Å². The zero-order valence-electron chi connectivity index (χ0n) is 11.0. The number of nitrogens with zero attached hydrogens (tertiary/aromatic N) is 1. The van der Waals surface area contributed by atoms with Gasteiger partial charge in [-0.1, -0.05) is 24.3 Å². The summed E-state index contributed by atoms with van der Waals surface area (Å²) in [4.78, 5) is 14.3. The van der Waals surface area contributed by atoms with E-state index >= 15 is 0 Å². The Balaban J connectivity index is 2.64. The fourth-order valence-electron chi connectivity index (χ4n) is 2.01. The van der Waals surface area contributed by atoms with Crippen LogP contribution in [0.15, 0.2) is 35.1 Å². The van der Waals surface area contributed by atoms with E-state index in [2.05, 4.69) is 4.98 Å². The Hall–Kier alpha value is -1.72. The van der Waals surface area contributed by atoms with Crippen LogP contribution in [0.2, 0.25) is 0 Å². The first-order chi connectivity index (χ1) is 9.13. The number of methoxy groups -OCH3 is 1. The fraction of sp³-hybridized carbons (Fsp3) is 0.286. The number of H-pyrrole nitrogens is 1. The van der Waals surface area contributed by atoms with Crippen molar-refractivity contribution in [3.05, 3.63) is 51.0 Å². The average Bonchev–Trinajstić information content (AvgIpc) is 2.37. The molecule has 0 atom stereocenters. The van der Waals surface area contributed by atoms with Gasteiger partial charge in [0.1, 0.15) is 0 Å². The van der Waals surface area contributed by atoms with Crippen molar-refractivity contribution in [1.29, 1.82) is 0 Å². The second-order valence-electron chi connectivity index (χ2n) is 4.28. The van der Waals surface area contributed by atoms with Crippen molar-refractivity contribution in [2.24, 2.45) is 0 Å². The molecule has 0 bridgehead atoms. The van der Waals surface area contributed by atoms with E-state index in [4.69, 9.17) is 17.0 Å². The lowest BCUT2D eigenvalue weighted by Crippen LogP contribution is -2.17. The zero-order chi connectivity index (χ0) is 13.8. The monoisotopic (exact) mass is 276 g/mol. The van der Waals surface area contributed by atoms with Crippen LogP contribution in [0.4, 0.5) is 0 Å². The summed E-state index contributed by atoms with van der Waals surface area (Å²) < 4.78 is 7.40. The largest absolute Gasteiger partial charge is 0.383 e. The summed E-state index contributed by atoms with van der Waals surface area (Å²) in [5, 5.41) is 0. The van der Waals surface area contributed by atoms with Gasteiger partial charge < -0.3 is 9.30 Å².